The van der Waals surface area contributed by atoms with Crippen molar-refractivity contribution in [2.45, 2.75) is 13.0 Å². The summed E-state index contributed by atoms with van der Waals surface area (Å²) < 4.78 is 23.7. The molecule has 0 bridgehead atoms. The van der Waals surface area contributed by atoms with Crippen molar-refractivity contribution in [1.29, 1.82) is 0 Å². The third-order valence-corrected chi connectivity index (χ3v) is 3.71. The number of carboxylic acid groups (broad SMARTS) is 1. The van der Waals surface area contributed by atoms with Crippen molar-refractivity contribution in [2.24, 2.45) is 0 Å². The Morgan fingerprint density at radius 3 is 2.23 bits per heavy atom. The number of carbonyl (C=O) groups is 2. The highest BCUT2D eigenvalue weighted by atomic mass is 19.1. The SMILES string of the molecule is COc1cc(CN(CC(=O)O)C(=O)Cc2cccc(F)c2)cc(OC)c1. The molecule has 6 nitrogen and oxygen atoms in total. The summed E-state index contributed by atoms with van der Waals surface area (Å²) in [5, 5.41) is 9.12. The molecular weight excluding hydrogens is 341 g/mol. The van der Waals surface area contributed by atoms with E-state index in [1.165, 1.54) is 37.3 Å². The second-order valence-corrected chi connectivity index (χ2v) is 5.67. The van der Waals surface area contributed by atoms with Gasteiger partial charge in [-0.05, 0) is 35.4 Å². The third kappa shape index (κ3) is 5.47. The molecule has 1 N–H and O–H groups in total. The van der Waals surface area contributed by atoms with Gasteiger partial charge in [0.1, 0.15) is 23.9 Å². The standard InChI is InChI=1S/C19H20FNO5/c1-25-16-7-14(8-17(10-16)26-2)11-21(12-19(23)24)18(22)9-13-4-3-5-15(20)6-13/h3-8,10H,9,11-12H2,1-2H3,(H,23,24). The topological polar surface area (TPSA) is 76.1 Å². The summed E-state index contributed by atoms with van der Waals surface area (Å²) >= 11 is 0. The van der Waals surface area contributed by atoms with Crippen LogP contribution in [-0.2, 0) is 22.6 Å². The van der Waals surface area contributed by atoms with E-state index in [1.807, 2.05) is 0 Å². The van der Waals surface area contributed by atoms with E-state index in [-0.39, 0.29) is 13.0 Å². The average molecular weight is 361 g/mol. The number of ether oxygens (including phenoxy) is 2. The molecule has 0 aromatic heterocycles. The second kappa shape index (κ2) is 8.84. The van der Waals surface area contributed by atoms with Crippen LogP contribution in [0.15, 0.2) is 42.5 Å². The van der Waals surface area contributed by atoms with Crippen molar-refractivity contribution < 1.29 is 28.6 Å². The first-order valence-corrected chi connectivity index (χ1v) is 7.87. The fourth-order valence-corrected chi connectivity index (χ4v) is 2.51. The minimum absolute atomic E-state index is 0.0635. The van der Waals surface area contributed by atoms with Crippen molar-refractivity contribution in [3.63, 3.8) is 0 Å². The number of rotatable bonds is 8. The fourth-order valence-electron chi connectivity index (χ4n) is 2.51. The molecule has 1 amide bonds. The van der Waals surface area contributed by atoms with Crippen LogP contribution in [0.25, 0.3) is 0 Å². The molecule has 7 heteroatoms. The Labute approximate surface area is 150 Å². The van der Waals surface area contributed by atoms with Gasteiger partial charge in [0.15, 0.2) is 0 Å². The van der Waals surface area contributed by atoms with E-state index < -0.39 is 24.2 Å². The van der Waals surface area contributed by atoms with Crippen LogP contribution < -0.4 is 9.47 Å². The van der Waals surface area contributed by atoms with Gasteiger partial charge in [0.25, 0.3) is 0 Å². The lowest BCUT2D eigenvalue weighted by Gasteiger charge is -2.21. The molecule has 0 saturated carbocycles. The van der Waals surface area contributed by atoms with E-state index >= 15 is 0 Å². The molecule has 0 unspecified atom stereocenters. The number of carboxylic acids is 1. The Kier molecular flexibility index (Phi) is 6.54. The maximum atomic E-state index is 13.3. The van der Waals surface area contributed by atoms with Crippen molar-refractivity contribution in [3.05, 3.63) is 59.4 Å². The van der Waals surface area contributed by atoms with E-state index in [2.05, 4.69) is 0 Å². The maximum Gasteiger partial charge on any atom is 0.323 e. The summed E-state index contributed by atoms with van der Waals surface area (Å²) in [6.07, 6.45) is -0.0911. The highest BCUT2D eigenvalue weighted by molar-refractivity contribution is 5.83. The lowest BCUT2D eigenvalue weighted by Crippen LogP contribution is -2.36. The number of benzene rings is 2. The number of halogens is 1. The van der Waals surface area contributed by atoms with Gasteiger partial charge >= 0.3 is 5.97 Å². The summed E-state index contributed by atoms with van der Waals surface area (Å²) in [5.41, 5.74) is 1.14. The molecule has 0 saturated heterocycles. The van der Waals surface area contributed by atoms with E-state index in [0.717, 1.165) is 0 Å². The van der Waals surface area contributed by atoms with Crippen molar-refractivity contribution >= 4 is 11.9 Å². The average Bonchev–Trinajstić information content (AvgIpc) is 2.60. The largest absolute Gasteiger partial charge is 0.497 e. The molecule has 0 radical (unpaired) electrons. The molecule has 0 spiro atoms. The van der Waals surface area contributed by atoms with Crippen LogP contribution in [0.1, 0.15) is 11.1 Å². The first-order chi connectivity index (χ1) is 12.4. The van der Waals surface area contributed by atoms with Crippen molar-refractivity contribution in [2.75, 3.05) is 20.8 Å². The van der Waals surface area contributed by atoms with E-state index in [1.54, 1.807) is 24.3 Å². The first kappa shape index (κ1) is 19.2. The predicted molar refractivity (Wildman–Crippen MR) is 92.7 cm³/mol. The van der Waals surface area contributed by atoms with Gasteiger partial charge in [-0.3, -0.25) is 9.59 Å². The number of nitrogens with zero attached hydrogens (tertiary/aromatic N) is 1. The summed E-state index contributed by atoms with van der Waals surface area (Å²) in [5.74, 6) is -0.927. The van der Waals surface area contributed by atoms with E-state index in [9.17, 15) is 14.0 Å². The van der Waals surface area contributed by atoms with E-state index in [4.69, 9.17) is 14.6 Å². The molecule has 26 heavy (non-hydrogen) atoms. The molecule has 0 heterocycles. The first-order valence-electron chi connectivity index (χ1n) is 7.87. The van der Waals surface area contributed by atoms with Gasteiger partial charge < -0.3 is 19.5 Å². The van der Waals surface area contributed by atoms with Gasteiger partial charge in [-0.15, -0.1) is 0 Å². The summed E-state index contributed by atoms with van der Waals surface area (Å²) in [4.78, 5) is 24.9. The fraction of sp³-hybridized carbons (Fsp3) is 0.263. The van der Waals surface area contributed by atoms with Gasteiger partial charge in [0.2, 0.25) is 5.91 Å². The zero-order valence-electron chi connectivity index (χ0n) is 14.6. The number of methoxy groups -OCH3 is 2. The minimum Gasteiger partial charge on any atom is -0.497 e. The van der Waals surface area contributed by atoms with Gasteiger partial charge in [0.05, 0.1) is 20.6 Å². The normalized spacial score (nSPS) is 10.3. The molecule has 0 aliphatic heterocycles. The zero-order chi connectivity index (χ0) is 19.1. The van der Waals surface area contributed by atoms with Crippen molar-refractivity contribution in [3.8, 4) is 11.5 Å². The highest BCUT2D eigenvalue weighted by Crippen LogP contribution is 2.23. The Morgan fingerprint density at radius 2 is 1.69 bits per heavy atom. The lowest BCUT2D eigenvalue weighted by molar-refractivity contribution is -0.144. The molecule has 0 fully saturated rings. The number of amides is 1. The second-order valence-electron chi connectivity index (χ2n) is 5.67. The number of hydrogen-bond acceptors (Lipinski definition) is 4. The van der Waals surface area contributed by atoms with Crippen LogP contribution >= 0.6 is 0 Å². The number of carbonyl (C=O) groups excluding carboxylic acids is 1. The van der Waals surface area contributed by atoms with Crippen LogP contribution in [-0.4, -0.2) is 42.6 Å². The maximum absolute atomic E-state index is 13.3. The summed E-state index contributed by atoms with van der Waals surface area (Å²) in [6.45, 7) is -0.401. The van der Waals surface area contributed by atoms with Crippen LogP contribution in [0.5, 0.6) is 11.5 Å². The van der Waals surface area contributed by atoms with Crippen LogP contribution in [0.3, 0.4) is 0 Å². The highest BCUT2D eigenvalue weighted by Gasteiger charge is 2.18. The molecule has 2 rings (SSSR count). The van der Waals surface area contributed by atoms with Gasteiger partial charge in [-0.1, -0.05) is 12.1 Å². The van der Waals surface area contributed by atoms with Crippen LogP contribution in [0.4, 0.5) is 4.39 Å². The van der Waals surface area contributed by atoms with Crippen molar-refractivity contribution in [1.82, 2.24) is 4.90 Å². The number of aliphatic carboxylic acids is 1. The van der Waals surface area contributed by atoms with Gasteiger partial charge in [0, 0.05) is 12.6 Å². The summed E-state index contributed by atoms with van der Waals surface area (Å²) in [7, 11) is 3.01. The lowest BCUT2D eigenvalue weighted by atomic mass is 10.1. The van der Waals surface area contributed by atoms with Gasteiger partial charge in [-0.25, -0.2) is 4.39 Å². The van der Waals surface area contributed by atoms with E-state index in [0.29, 0.717) is 22.6 Å². The number of hydrogen-bond donors (Lipinski definition) is 1. The quantitative estimate of drug-likeness (QED) is 0.782. The molecule has 2 aromatic carbocycles. The Balaban J connectivity index is 2.21. The molecule has 138 valence electrons. The monoisotopic (exact) mass is 361 g/mol. The smallest absolute Gasteiger partial charge is 0.323 e. The molecular formula is C19H20FNO5. The molecule has 2 aromatic rings. The predicted octanol–water partition coefficient (Wildman–Crippen LogP) is 2.50. The molecule has 0 aliphatic rings. The Morgan fingerprint density at radius 1 is 1.04 bits per heavy atom. The van der Waals surface area contributed by atoms with Crippen LogP contribution in [0.2, 0.25) is 0 Å². The Bertz CT molecular complexity index is 771. The molecule has 0 aliphatic carbocycles. The van der Waals surface area contributed by atoms with Gasteiger partial charge in [-0.2, -0.15) is 0 Å². The molecule has 0 atom stereocenters. The summed E-state index contributed by atoms with van der Waals surface area (Å²) in [6, 6.07) is 10.7. The Hall–Kier alpha value is -3.09. The third-order valence-electron chi connectivity index (χ3n) is 3.71. The minimum atomic E-state index is -1.13. The zero-order valence-corrected chi connectivity index (χ0v) is 14.6. The van der Waals surface area contributed by atoms with Crippen LogP contribution in [0, 0.1) is 5.82 Å².